The highest BCUT2D eigenvalue weighted by Gasteiger charge is 2.34. The van der Waals surface area contributed by atoms with Crippen LogP contribution in [-0.4, -0.2) is 27.8 Å². The van der Waals surface area contributed by atoms with E-state index in [1.807, 2.05) is 0 Å². The summed E-state index contributed by atoms with van der Waals surface area (Å²) in [6.07, 6.45) is 2.81. The average molecular weight is 318 g/mol. The van der Waals surface area contributed by atoms with Crippen molar-refractivity contribution in [1.82, 2.24) is 9.47 Å². The van der Waals surface area contributed by atoms with Crippen molar-refractivity contribution >= 4 is 22.7 Å². The Kier molecular flexibility index (Phi) is 3.45. The van der Waals surface area contributed by atoms with Gasteiger partial charge >= 0.3 is 0 Å². The molecule has 1 aromatic heterocycles. The summed E-state index contributed by atoms with van der Waals surface area (Å²) in [5, 5.41) is 1.22. The van der Waals surface area contributed by atoms with Crippen LogP contribution in [0.3, 0.4) is 0 Å². The zero-order valence-corrected chi connectivity index (χ0v) is 13.5. The molecule has 3 aromatic rings. The molecule has 4 heteroatoms. The molecule has 0 bridgehead atoms. The summed E-state index contributed by atoms with van der Waals surface area (Å²) in [5.41, 5.74) is 3.49. The summed E-state index contributed by atoms with van der Waals surface area (Å²) in [5.74, 6) is -0.353. The highest BCUT2D eigenvalue weighted by Crippen LogP contribution is 2.23. The normalized spacial score (nSPS) is 13.8. The third-order valence-corrected chi connectivity index (χ3v) is 4.65. The van der Waals surface area contributed by atoms with Crippen LogP contribution in [0.25, 0.3) is 10.9 Å². The van der Waals surface area contributed by atoms with Crippen molar-refractivity contribution < 1.29 is 9.59 Å². The van der Waals surface area contributed by atoms with Gasteiger partial charge in [0.25, 0.3) is 11.8 Å². The molecule has 0 aliphatic carbocycles. The van der Waals surface area contributed by atoms with E-state index in [0.29, 0.717) is 17.7 Å². The molecule has 0 fully saturated rings. The van der Waals surface area contributed by atoms with Crippen molar-refractivity contribution in [3.8, 4) is 0 Å². The number of para-hydroxylation sites is 1. The maximum absolute atomic E-state index is 12.4. The number of benzene rings is 2. The van der Waals surface area contributed by atoms with E-state index in [9.17, 15) is 9.59 Å². The summed E-state index contributed by atoms with van der Waals surface area (Å²) in [6, 6.07) is 15.4. The predicted octanol–water partition coefficient (Wildman–Crippen LogP) is 3.64. The fraction of sp³-hybridized carbons (Fsp3) is 0.200. The molecular weight excluding hydrogens is 300 g/mol. The maximum atomic E-state index is 12.4. The van der Waals surface area contributed by atoms with Crippen molar-refractivity contribution in [2.45, 2.75) is 19.9 Å². The highest BCUT2D eigenvalue weighted by molar-refractivity contribution is 6.21. The van der Waals surface area contributed by atoms with Crippen molar-refractivity contribution in [1.29, 1.82) is 0 Å². The van der Waals surface area contributed by atoms with Gasteiger partial charge in [0, 0.05) is 19.3 Å². The molecule has 2 amide bonds. The summed E-state index contributed by atoms with van der Waals surface area (Å²) in [7, 11) is 0. The van der Waals surface area contributed by atoms with Gasteiger partial charge in [0.15, 0.2) is 0 Å². The molecule has 4 nitrogen and oxygen atoms in total. The van der Waals surface area contributed by atoms with Gasteiger partial charge in [-0.15, -0.1) is 0 Å². The molecule has 120 valence electrons. The zero-order chi connectivity index (χ0) is 16.7. The number of aromatic nitrogens is 1. The number of fused-ring (bicyclic) bond motifs is 2. The summed E-state index contributed by atoms with van der Waals surface area (Å²) in [6.45, 7) is 3.32. The molecule has 1 aliphatic heterocycles. The Bertz CT molecular complexity index is 920. The number of carbonyl (C=O) groups is 2. The quantitative estimate of drug-likeness (QED) is 0.689. The Morgan fingerprint density at radius 1 is 0.833 bits per heavy atom. The second-order valence-corrected chi connectivity index (χ2v) is 6.18. The highest BCUT2D eigenvalue weighted by atomic mass is 16.2. The van der Waals surface area contributed by atoms with E-state index in [1.165, 1.54) is 21.4 Å². The predicted molar refractivity (Wildman–Crippen MR) is 93.1 cm³/mol. The van der Waals surface area contributed by atoms with Gasteiger partial charge in [-0.2, -0.15) is 0 Å². The fourth-order valence-corrected chi connectivity index (χ4v) is 3.48. The van der Waals surface area contributed by atoms with Crippen LogP contribution in [0, 0.1) is 6.92 Å². The molecule has 0 spiro atoms. The van der Waals surface area contributed by atoms with E-state index in [4.69, 9.17) is 0 Å². The zero-order valence-electron chi connectivity index (χ0n) is 13.5. The van der Waals surface area contributed by atoms with Crippen LogP contribution in [0.15, 0.2) is 54.7 Å². The second kappa shape index (κ2) is 5.64. The molecule has 0 unspecified atom stereocenters. The molecule has 4 rings (SSSR count). The van der Waals surface area contributed by atoms with Gasteiger partial charge in [0.1, 0.15) is 0 Å². The third kappa shape index (κ3) is 2.22. The van der Waals surface area contributed by atoms with Crippen LogP contribution in [-0.2, 0) is 6.54 Å². The van der Waals surface area contributed by atoms with E-state index in [1.54, 1.807) is 24.3 Å². The third-order valence-electron chi connectivity index (χ3n) is 4.65. The van der Waals surface area contributed by atoms with Gasteiger partial charge < -0.3 is 4.57 Å². The first kappa shape index (κ1) is 14.7. The van der Waals surface area contributed by atoms with Gasteiger partial charge in [-0.1, -0.05) is 30.3 Å². The van der Waals surface area contributed by atoms with Crippen LogP contribution in [0.4, 0.5) is 0 Å². The van der Waals surface area contributed by atoms with E-state index in [-0.39, 0.29) is 11.8 Å². The lowest BCUT2D eigenvalue weighted by Crippen LogP contribution is -2.31. The van der Waals surface area contributed by atoms with E-state index < -0.39 is 0 Å². The van der Waals surface area contributed by atoms with E-state index in [0.717, 1.165) is 13.0 Å². The SMILES string of the molecule is Cc1cccc2ccn(CCCN3C(=O)c4ccccc4C3=O)c12. The largest absolute Gasteiger partial charge is 0.347 e. The Hall–Kier alpha value is -2.88. The lowest BCUT2D eigenvalue weighted by molar-refractivity contribution is 0.0651. The maximum Gasteiger partial charge on any atom is 0.261 e. The van der Waals surface area contributed by atoms with Gasteiger partial charge in [-0.3, -0.25) is 14.5 Å². The minimum absolute atomic E-state index is 0.177. The van der Waals surface area contributed by atoms with E-state index in [2.05, 4.69) is 42.0 Å². The first-order valence-electron chi connectivity index (χ1n) is 8.16. The number of rotatable bonds is 4. The van der Waals surface area contributed by atoms with Crippen LogP contribution in [0.1, 0.15) is 32.7 Å². The Labute approximate surface area is 140 Å². The molecule has 24 heavy (non-hydrogen) atoms. The van der Waals surface area contributed by atoms with Gasteiger partial charge in [-0.25, -0.2) is 0 Å². The Morgan fingerprint density at radius 3 is 2.25 bits per heavy atom. The lowest BCUT2D eigenvalue weighted by atomic mass is 10.1. The summed E-state index contributed by atoms with van der Waals surface area (Å²) >= 11 is 0. The van der Waals surface area contributed by atoms with Crippen molar-refractivity contribution in [3.63, 3.8) is 0 Å². The molecular formula is C20H18N2O2. The van der Waals surface area contributed by atoms with Crippen molar-refractivity contribution in [2.24, 2.45) is 0 Å². The van der Waals surface area contributed by atoms with Crippen LogP contribution < -0.4 is 0 Å². The van der Waals surface area contributed by atoms with Gasteiger partial charge in [0.05, 0.1) is 16.6 Å². The second-order valence-electron chi connectivity index (χ2n) is 6.18. The standard InChI is InChI=1S/C20H18N2O2/c1-14-6-4-7-15-10-13-21(18(14)15)11-5-12-22-19(23)16-8-2-3-9-17(16)20(22)24/h2-4,6-10,13H,5,11-12H2,1H3. The monoisotopic (exact) mass is 318 g/mol. The molecule has 1 aliphatic rings. The lowest BCUT2D eigenvalue weighted by Gasteiger charge is -2.14. The van der Waals surface area contributed by atoms with Crippen molar-refractivity contribution in [3.05, 3.63) is 71.4 Å². The molecule has 0 radical (unpaired) electrons. The minimum Gasteiger partial charge on any atom is -0.347 e. The number of imide groups is 1. The number of nitrogens with zero attached hydrogens (tertiary/aromatic N) is 2. The van der Waals surface area contributed by atoms with Gasteiger partial charge in [0.2, 0.25) is 0 Å². The molecule has 0 atom stereocenters. The fourth-order valence-electron chi connectivity index (χ4n) is 3.48. The first-order chi connectivity index (χ1) is 11.7. The molecule has 2 heterocycles. The number of aryl methyl sites for hydroxylation is 2. The Morgan fingerprint density at radius 2 is 1.54 bits per heavy atom. The molecule has 2 aromatic carbocycles. The number of hydrogen-bond acceptors (Lipinski definition) is 2. The molecule has 0 N–H and O–H groups in total. The molecule has 0 saturated carbocycles. The van der Waals surface area contributed by atoms with Gasteiger partial charge in [-0.05, 0) is 42.5 Å². The first-order valence-corrected chi connectivity index (χ1v) is 8.16. The number of carbonyl (C=O) groups excluding carboxylic acids is 2. The average Bonchev–Trinajstić information content (AvgIpc) is 3.11. The Balaban J connectivity index is 1.48. The number of hydrogen-bond donors (Lipinski definition) is 0. The smallest absolute Gasteiger partial charge is 0.261 e. The summed E-state index contributed by atoms with van der Waals surface area (Å²) in [4.78, 5) is 26.1. The van der Waals surface area contributed by atoms with Crippen LogP contribution >= 0.6 is 0 Å². The number of amides is 2. The topological polar surface area (TPSA) is 42.3 Å². The molecule has 0 saturated heterocycles. The summed E-state index contributed by atoms with van der Waals surface area (Å²) < 4.78 is 2.20. The minimum atomic E-state index is -0.177. The van der Waals surface area contributed by atoms with Crippen LogP contribution in [0.2, 0.25) is 0 Å². The van der Waals surface area contributed by atoms with E-state index >= 15 is 0 Å². The van der Waals surface area contributed by atoms with Crippen molar-refractivity contribution in [2.75, 3.05) is 6.54 Å². The van der Waals surface area contributed by atoms with Crippen LogP contribution in [0.5, 0.6) is 0 Å².